The van der Waals surface area contributed by atoms with E-state index < -0.39 is 5.92 Å². The monoisotopic (exact) mass is 264 g/mol. The molecule has 3 nitrogen and oxygen atoms in total. The number of rotatable bonds is 9. The highest BCUT2D eigenvalue weighted by atomic mass is 19.3. The summed E-state index contributed by atoms with van der Waals surface area (Å²) < 4.78 is 30.8. The van der Waals surface area contributed by atoms with Crippen LogP contribution in [0.25, 0.3) is 0 Å². The summed E-state index contributed by atoms with van der Waals surface area (Å²) in [5, 5.41) is 6.63. The summed E-state index contributed by atoms with van der Waals surface area (Å²) in [5.41, 5.74) is 0. The van der Waals surface area contributed by atoms with Gasteiger partial charge in [0.1, 0.15) is 0 Å². The van der Waals surface area contributed by atoms with Gasteiger partial charge in [-0.15, -0.1) is 0 Å². The number of hydrogen-bond donors (Lipinski definition) is 2. The summed E-state index contributed by atoms with van der Waals surface area (Å²) in [7, 11) is 1.69. The molecule has 1 aliphatic rings. The maximum Gasteiger partial charge on any atom is 0.248 e. The molecule has 0 aromatic heterocycles. The van der Waals surface area contributed by atoms with Gasteiger partial charge in [0.05, 0.1) is 6.61 Å². The number of nitrogens with one attached hydrogen (secondary N) is 2. The van der Waals surface area contributed by atoms with E-state index in [1.54, 1.807) is 7.11 Å². The molecule has 0 unspecified atom stereocenters. The Bertz CT molecular complexity index is 205. The number of methoxy groups -OCH3 is 1. The highest BCUT2D eigenvalue weighted by Crippen LogP contribution is 2.35. The van der Waals surface area contributed by atoms with Gasteiger partial charge >= 0.3 is 0 Å². The fourth-order valence-electron chi connectivity index (χ4n) is 2.25. The summed E-state index contributed by atoms with van der Waals surface area (Å²) in [6.45, 7) is 4.43. The Hall–Kier alpha value is -0.260. The molecule has 0 atom stereocenters. The van der Waals surface area contributed by atoms with E-state index in [1.807, 2.05) is 0 Å². The molecule has 0 saturated heterocycles. The van der Waals surface area contributed by atoms with Gasteiger partial charge in [0, 0.05) is 26.5 Å². The first-order valence-electron chi connectivity index (χ1n) is 6.92. The molecule has 1 aliphatic carbocycles. The van der Waals surface area contributed by atoms with Gasteiger partial charge in [0.15, 0.2) is 0 Å². The lowest BCUT2D eigenvalue weighted by Gasteiger charge is -2.28. The molecule has 1 fully saturated rings. The number of ether oxygens (including phenoxy) is 1. The third-order valence-electron chi connectivity index (χ3n) is 3.46. The molecule has 18 heavy (non-hydrogen) atoms. The van der Waals surface area contributed by atoms with Gasteiger partial charge in [-0.3, -0.25) is 0 Å². The van der Waals surface area contributed by atoms with Crippen molar-refractivity contribution in [1.82, 2.24) is 10.6 Å². The van der Waals surface area contributed by atoms with Crippen LogP contribution in [0.3, 0.4) is 0 Å². The first-order chi connectivity index (χ1) is 8.64. The van der Waals surface area contributed by atoms with Crippen LogP contribution in [-0.2, 0) is 4.74 Å². The molecule has 0 heterocycles. The molecule has 0 aliphatic heterocycles. The molecular weight excluding hydrogens is 238 g/mol. The van der Waals surface area contributed by atoms with Gasteiger partial charge < -0.3 is 15.4 Å². The van der Waals surface area contributed by atoms with Crippen molar-refractivity contribution < 1.29 is 13.5 Å². The first-order valence-corrected chi connectivity index (χ1v) is 6.92. The lowest BCUT2D eigenvalue weighted by atomic mass is 9.87. The number of hydrogen-bond acceptors (Lipinski definition) is 3. The molecule has 5 heteroatoms. The predicted octanol–water partition coefficient (Wildman–Crippen LogP) is 2.03. The lowest BCUT2D eigenvalue weighted by Crippen LogP contribution is -2.32. The molecule has 2 N–H and O–H groups in total. The minimum atomic E-state index is -2.40. The quantitative estimate of drug-likeness (QED) is 0.625. The molecule has 0 spiro atoms. The normalized spacial score (nSPS) is 20.2. The minimum absolute atomic E-state index is 0.0674. The predicted molar refractivity (Wildman–Crippen MR) is 69.1 cm³/mol. The minimum Gasteiger partial charge on any atom is -0.383 e. The lowest BCUT2D eigenvalue weighted by molar-refractivity contribution is -0.0454. The average molecular weight is 264 g/mol. The van der Waals surface area contributed by atoms with Crippen molar-refractivity contribution in [2.75, 3.05) is 39.9 Å². The van der Waals surface area contributed by atoms with Crippen LogP contribution in [-0.4, -0.2) is 45.8 Å². The van der Waals surface area contributed by atoms with Crippen molar-refractivity contribution in [2.45, 2.75) is 38.0 Å². The zero-order valence-electron chi connectivity index (χ0n) is 11.3. The Balaban J connectivity index is 1.87. The van der Waals surface area contributed by atoms with Crippen LogP contribution < -0.4 is 10.6 Å². The molecule has 0 amide bonds. The van der Waals surface area contributed by atoms with E-state index in [1.165, 1.54) is 0 Å². The van der Waals surface area contributed by atoms with Gasteiger partial charge in [0.25, 0.3) is 0 Å². The number of alkyl halides is 2. The Morgan fingerprint density at radius 1 is 1.11 bits per heavy atom. The molecule has 0 bridgehead atoms. The topological polar surface area (TPSA) is 33.3 Å². The highest BCUT2D eigenvalue weighted by Gasteiger charge is 2.34. The molecule has 0 aromatic rings. The summed E-state index contributed by atoms with van der Waals surface area (Å²) in [6, 6.07) is 0. The zero-order chi connectivity index (χ0) is 13.3. The standard InChI is InChI=1S/C13H26F2N2O/c1-18-10-9-16-7-2-8-17-11-12-3-5-13(14,15)6-4-12/h12,16-17H,2-11H2,1H3. The fourth-order valence-corrected chi connectivity index (χ4v) is 2.25. The van der Waals surface area contributed by atoms with E-state index in [-0.39, 0.29) is 12.8 Å². The molecule has 0 radical (unpaired) electrons. The SMILES string of the molecule is COCCNCCCNCC1CCC(F)(F)CC1. The molecule has 0 aromatic carbocycles. The number of halogens is 2. The van der Waals surface area contributed by atoms with Crippen LogP contribution in [0.15, 0.2) is 0 Å². The molecule has 1 rings (SSSR count). The van der Waals surface area contributed by atoms with Gasteiger partial charge in [-0.05, 0) is 44.8 Å². The van der Waals surface area contributed by atoms with Crippen molar-refractivity contribution in [1.29, 1.82) is 0 Å². The first kappa shape index (κ1) is 15.8. The summed E-state index contributed by atoms with van der Waals surface area (Å²) in [6.07, 6.45) is 2.51. The van der Waals surface area contributed by atoms with Crippen LogP contribution in [0.4, 0.5) is 8.78 Å². The second-order valence-electron chi connectivity index (χ2n) is 5.10. The van der Waals surface area contributed by atoms with Crippen LogP contribution in [0, 0.1) is 5.92 Å². The van der Waals surface area contributed by atoms with Crippen molar-refractivity contribution in [2.24, 2.45) is 5.92 Å². The maximum absolute atomic E-state index is 12.9. The van der Waals surface area contributed by atoms with Crippen molar-refractivity contribution >= 4 is 0 Å². The van der Waals surface area contributed by atoms with Crippen LogP contribution in [0.2, 0.25) is 0 Å². The Kier molecular flexibility index (Phi) is 7.70. The largest absolute Gasteiger partial charge is 0.383 e. The van der Waals surface area contributed by atoms with E-state index in [2.05, 4.69) is 10.6 Å². The van der Waals surface area contributed by atoms with E-state index in [0.717, 1.165) is 39.2 Å². The van der Waals surface area contributed by atoms with Gasteiger partial charge in [-0.25, -0.2) is 8.78 Å². The average Bonchev–Trinajstić information content (AvgIpc) is 2.34. The molecule has 108 valence electrons. The summed E-state index contributed by atoms with van der Waals surface area (Å²) in [4.78, 5) is 0. The fraction of sp³-hybridized carbons (Fsp3) is 1.00. The smallest absolute Gasteiger partial charge is 0.248 e. The second-order valence-corrected chi connectivity index (χ2v) is 5.10. The van der Waals surface area contributed by atoms with Crippen molar-refractivity contribution in [3.05, 3.63) is 0 Å². The van der Waals surface area contributed by atoms with Gasteiger partial charge in [-0.1, -0.05) is 0 Å². The third-order valence-corrected chi connectivity index (χ3v) is 3.46. The maximum atomic E-state index is 12.9. The summed E-state index contributed by atoms with van der Waals surface area (Å²) >= 11 is 0. The molecular formula is C13H26F2N2O. The molecule has 1 saturated carbocycles. The van der Waals surface area contributed by atoms with E-state index >= 15 is 0 Å². The van der Waals surface area contributed by atoms with Gasteiger partial charge in [0.2, 0.25) is 5.92 Å². The zero-order valence-corrected chi connectivity index (χ0v) is 11.3. The van der Waals surface area contributed by atoms with Crippen molar-refractivity contribution in [3.8, 4) is 0 Å². The third kappa shape index (κ3) is 7.24. The van der Waals surface area contributed by atoms with E-state index in [9.17, 15) is 8.78 Å². The van der Waals surface area contributed by atoms with E-state index in [0.29, 0.717) is 18.8 Å². The van der Waals surface area contributed by atoms with Crippen LogP contribution in [0.5, 0.6) is 0 Å². The van der Waals surface area contributed by atoms with Crippen LogP contribution in [0.1, 0.15) is 32.1 Å². The Morgan fingerprint density at radius 3 is 2.44 bits per heavy atom. The van der Waals surface area contributed by atoms with E-state index in [4.69, 9.17) is 4.74 Å². The Labute approximate surface area is 109 Å². The van der Waals surface area contributed by atoms with Gasteiger partial charge in [-0.2, -0.15) is 0 Å². The highest BCUT2D eigenvalue weighted by molar-refractivity contribution is 4.78. The van der Waals surface area contributed by atoms with Crippen molar-refractivity contribution in [3.63, 3.8) is 0 Å². The summed E-state index contributed by atoms with van der Waals surface area (Å²) in [5.74, 6) is -1.96. The second kappa shape index (κ2) is 8.77. The van der Waals surface area contributed by atoms with Crippen LogP contribution >= 0.6 is 0 Å². The Morgan fingerprint density at radius 2 is 1.78 bits per heavy atom.